The maximum Gasteiger partial charge on any atom is 0.249 e. The molecule has 0 bridgehead atoms. The molecule has 12 rings (SSSR count). The number of anilines is 7. The van der Waals surface area contributed by atoms with Crippen molar-refractivity contribution in [2.24, 2.45) is 0 Å². The number of nitrogens with zero attached hydrogens (tertiary/aromatic N) is 3. The summed E-state index contributed by atoms with van der Waals surface area (Å²) in [5, 5.41) is 0. The second kappa shape index (κ2) is 16.9. The van der Waals surface area contributed by atoms with Crippen LogP contribution in [0.15, 0.2) is 193 Å². The Morgan fingerprint density at radius 1 is 0.427 bits per heavy atom. The molecule has 75 heavy (non-hydrogen) atoms. The zero-order chi connectivity index (χ0) is 52.7. The summed E-state index contributed by atoms with van der Waals surface area (Å²) in [5.74, 6) is 0. The number of aryl methyl sites for hydroxylation is 1. The second-order valence-electron chi connectivity index (χ2n) is 26.0. The van der Waals surface area contributed by atoms with Gasteiger partial charge in [0.05, 0.1) is 0 Å². The molecular formula is C71H72BN3. The molecule has 2 aliphatic heterocycles. The van der Waals surface area contributed by atoms with Crippen LogP contribution in [-0.4, -0.2) is 6.71 Å². The van der Waals surface area contributed by atoms with Crippen LogP contribution in [0.25, 0.3) is 22.3 Å². The van der Waals surface area contributed by atoms with Crippen LogP contribution < -0.4 is 20.2 Å². The molecule has 0 radical (unpaired) electrons. The van der Waals surface area contributed by atoms with Gasteiger partial charge in [0.2, 0.25) is 6.71 Å². The molecule has 4 heteroatoms. The van der Waals surface area contributed by atoms with Gasteiger partial charge in [0.25, 0.3) is 0 Å². The van der Waals surface area contributed by atoms with Crippen LogP contribution in [0.2, 0.25) is 0 Å². The number of allylic oxidation sites excluding steroid dienone is 2. The first-order valence-electron chi connectivity index (χ1n) is 27.3. The molecule has 0 aromatic heterocycles. The predicted octanol–water partition coefficient (Wildman–Crippen LogP) is 18.5. The van der Waals surface area contributed by atoms with Crippen molar-refractivity contribution in [3.63, 3.8) is 0 Å². The normalized spacial score (nSPS) is 16.2. The van der Waals surface area contributed by atoms with Crippen LogP contribution in [0.1, 0.15) is 135 Å². The average molecular weight is 978 g/mol. The summed E-state index contributed by atoms with van der Waals surface area (Å²) >= 11 is 0. The molecule has 0 amide bonds. The molecule has 4 aliphatic rings. The summed E-state index contributed by atoms with van der Waals surface area (Å²) in [5.41, 5.74) is 27.8. The van der Waals surface area contributed by atoms with E-state index in [2.05, 4.69) is 294 Å². The third-order valence-electron chi connectivity index (χ3n) is 17.1. The van der Waals surface area contributed by atoms with Crippen molar-refractivity contribution < 1.29 is 0 Å². The fourth-order valence-electron chi connectivity index (χ4n) is 13.2. The van der Waals surface area contributed by atoms with E-state index in [4.69, 9.17) is 0 Å². The van der Waals surface area contributed by atoms with Crippen LogP contribution in [-0.2, 0) is 27.1 Å². The van der Waals surface area contributed by atoms with Crippen molar-refractivity contribution >= 4 is 63.2 Å². The van der Waals surface area contributed by atoms with Gasteiger partial charge in [-0.3, -0.25) is 0 Å². The minimum Gasteiger partial charge on any atom is -0.314 e. The molecule has 8 aromatic rings. The topological polar surface area (TPSA) is 9.72 Å². The van der Waals surface area contributed by atoms with E-state index in [1.54, 1.807) is 0 Å². The predicted molar refractivity (Wildman–Crippen MR) is 323 cm³/mol. The number of benzene rings is 8. The van der Waals surface area contributed by atoms with E-state index in [1.807, 2.05) is 0 Å². The van der Waals surface area contributed by atoms with E-state index in [1.165, 1.54) is 100 Å². The first-order chi connectivity index (χ1) is 35.5. The second-order valence-corrected chi connectivity index (χ2v) is 26.0. The highest BCUT2D eigenvalue weighted by Crippen LogP contribution is 2.62. The number of hydrogen-bond acceptors (Lipinski definition) is 3. The summed E-state index contributed by atoms with van der Waals surface area (Å²) in [6.07, 6.45) is 0. The number of rotatable bonds is 6. The lowest BCUT2D eigenvalue weighted by molar-refractivity contribution is 0.590. The quantitative estimate of drug-likeness (QED) is 0.154. The molecule has 2 aliphatic carbocycles. The Bertz CT molecular complexity index is 3590. The van der Waals surface area contributed by atoms with Gasteiger partial charge in [0.1, 0.15) is 0 Å². The lowest BCUT2D eigenvalue weighted by Gasteiger charge is -2.47. The molecule has 0 spiro atoms. The van der Waals surface area contributed by atoms with E-state index >= 15 is 0 Å². The van der Waals surface area contributed by atoms with Crippen LogP contribution >= 0.6 is 0 Å². The van der Waals surface area contributed by atoms with Crippen molar-refractivity contribution in [2.45, 2.75) is 124 Å². The fourth-order valence-corrected chi connectivity index (χ4v) is 13.2. The third-order valence-corrected chi connectivity index (χ3v) is 17.1. The van der Waals surface area contributed by atoms with Gasteiger partial charge in [-0.05, 0) is 157 Å². The summed E-state index contributed by atoms with van der Waals surface area (Å²) in [7, 11) is 0. The van der Waals surface area contributed by atoms with Crippen molar-refractivity contribution in [3.05, 3.63) is 238 Å². The maximum atomic E-state index is 2.67. The lowest BCUT2D eigenvalue weighted by Crippen LogP contribution is -2.52. The van der Waals surface area contributed by atoms with Gasteiger partial charge in [-0.15, -0.1) is 0 Å². The molecule has 374 valence electrons. The Labute approximate surface area is 448 Å². The van der Waals surface area contributed by atoms with Gasteiger partial charge in [-0.2, -0.15) is 0 Å². The minimum absolute atomic E-state index is 0.00954. The molecule has 0 saturated carbocycles. The van der Waals surface area contributed by atoms with Crippen molar-refractivity contribution in [1.82, 2.24) is 0 Å². The summed E-state index contributed by atoms with van der Waals surface area (Å²) < 4.78 is 0. The molecular weight excluding hydrogens is 906 g/mol. The Morgan fingerprint density at radius 2 is 0.933 bits per heavy atom. The highest BCUT2D eigenvalue weighted by atomic mass is 15.2. The van der Waals surface area contributed by atoms with Crippen LogP contribution in [0.4, 0.5) is 39.8 Å². The molecule has 0 N–H and O–H groups in total. The summed E-state index contributed by atoms with van der Waals surface area (Å²) in [4.78, 5) is 7.78. The largest absolute Gasteiger partial charge is 0.314 e. The highest BCUT2D eigenvalue weighted by molar-refractivity contribution is 6.99. The first kappa shape index (κ1) is 48.6. The van der Waals surface area contributed by atoms with E-state index in [0.29, 0.717) is 0 Å². The zero-order valence-electron chi connectivity index (χ0n) is 46.7. The Kier molecular flexibility index (Phi) is 10.9. The average Bonchev–Trinajstić information content (AvgIpc) is 3.87. The third kappa shape index (κ3) is 7.68. The molecule has 2 heterocycles. The Morgan fingerprint density at radius 3 is 1.52 bits per heavy atom. The zero-order valence-corrected chi connectivity index (χ0v) is 46.7. The summed E-state index contributed by atoms with van der Waals surface area (Å²) in [6, 6.07) is 69.9. The van der Waals surface area contributed by atoms with Gasteiger partial charge in [-0.1, -0.05) is 205 Å². The van der Waals surface area contributed by atoms with E-state index < -0.39 is 0 Å². The van der Waals surface area contributed by atoms with E-state index in [9.17, 15) is 0 Å². The first-order valence-corrected chi connectivity index (χ1v) is 27.3. The number of hydrogen-bond donors (Lipinski definition) is 0. The van der Waals surface area contributed by atoms with Gasteiger partial charge in [0.15, 0.2) is 0 Å². The van der Waals surface area contributed by atoms with Gasteiger partial charge >= 0.3 is 0 Å². The molecule has 0 atom stereocenters. The monoisotopic (exact) mass is 978 g/mol. The molecule has 8 aromatic carbocycles. The van der Waals surface area contributed by atoms with Crippen LogP contribution in [0.5, 0.6) is 0 Å². The summed E-state index contributed by atoms with van der Waals surface area (Å²) in [6.45, 7) is 32.8. The Balaban J connectivity index is 1.12. The van der Waals surface area contributed by atoms with Crippen molar-refractivity contribution in [3.8, 4) is 11.1 Å². The van der Waals surface area contributed by atoms with Crippen LogP contribution in [0.3, 0.4) is 0 Å². The molecule has 0 unspecified atom stereocenters. The van der Waals surface area contributed by atoms with E-state index in [-0.39, 0.29) is 33.8 Å². The van der Waals surface area contributed by atoms with Gasteiger partial charge in [0, 0.05) is 67.6 Å². The molecule has 3 nitrogen and oxygen atoms in total. The van der Waals surface area contributed by atoms with Crippen molar-refractivity contribution in [1.29, 1.82) is 0 Å². The van der Waals surface area contributed by atoms with Gasteiger partial charge < -0.3 is 14.7 Å². The van der Waals surface area contributed by atoms with Crippen LogP contribution in [0, 0.1) is 6.92 Å². The molecule has 0 saturated heterocycles. The van der Waals surface area contributed by atoms with E-state index in [0.717, 1.165) is 22.7 Å². The Hall–Kier alpha value is -7.30. The number of fused-ring (bicyclic) bond motifs is 6. The SMILES string of the molecule is Cc1cc2c3c(c1)N(c1cccc(-c4ccc(C(C)(C)C)cc4)c1)C1=C(B3C3=C(c4cc(N(c5ccc(C(C)(C)C)cc5)c5ccc(C(C)(C)C)cc5)ccc4C3(C)C)N2c2ccccc2)c2ccccc2C1(C)C. The highest BCUT2D eigenvalue weighted by Gasteiger charge is 2.57. The molecule has 0 fully saturated rings. The standard InChI is InChI=1S/C71H72BN3/c1-45-41-60-63-61(42-45)75(54-24-20-21-47(43-54)46-27-29-48(30-28-46)67(2,3)4)66-62(56-25-18-19-26-58(56)71(66,13)14)72(63)65-64(74(60)51-22-16-15-17-23-51)57-44-55(39-40-59(57)70(65,11)12)73(52-35-31-49(32-36-52)68(5,6)7)53-37-33-50(34-38-53)69(8,9)10/h15-44H,1-14H3. The smallest absolute Gasteiger partial charge is 0.249 e. The fraction of sp³-hybridized carbons (Fsp3) is 0.268. The maximum absolute atomic E-state index is 2.67. The minimum atomic E-state index is -0.338. The van der Waals surface area contributed by atoms with Gasteiger partial charge in [-0.25, -0.2) is 0 Å². The van der Waals surface area contributed by atoms with Crippen molar-refractivity contribution in [2.75, 3.05) is 14.7 Å². The lowest BCUT2D eigenvalue weighted by atomic mass is 9.29. The number of para-hydroxylation sites is 1.